The quantitative estimate of drug-likeness (QED) is 0.212. The molecule has 0 saturated carbocycles. The summed E-state index contributed by atoms with van der Waals surface area (Å²) in [5, 5.41) is 0. The molecule has 0 fully saturated rings. The second-order valence-electron chi connectivity index (χ2n) is 6.23. The highest BCUT2D eigenvalue weighted by Crippen LogP contribution is 2.38. The predicted molar refractivity (Wildman–Crippen MR) is 100 cm³/mol. The van der Waals surface area contributed by atoms with Gasteiger partial charge in [-0.15, -0.1) is 0 Å². The standard InChI is InChI=1S/C20H40O4/c1-7-10-12-13-14-15-17-19(16-11-8-2,24-18-9-3)20(21-4,22-5)23-6/h11,16H,7-10,12-15,17-18H2,1-6H3. The number of hydrogen-bond acceptors (Lipinski definition) is 4. The summed E-state index contributed by atoms with van der Waals surface area (Å²) < 4.78 is 23.3. The molecule has 0 aliphatic rings. The molecule has 24 heavy (non-hydrogen) atoms. The van der Waals surface area contributed by atoms with Crippen LogP contribution in [0.15, 0.2) is 12.2 Å². The summed E-state index contributed by atoms with van der Waals surface area (Å²) in [6.07, 6.45) is 14.2. The third-order valence-corrected chi connectivity index (χ3v) is 4.41. The first-order chi connectivity index (χ1) is 11.6. The average Bonchev–Trinajstić information content (AvgIpc) is 2.62. The van der Waals surface area contributed by atoms with E-state index in [1.165, 1.54) is 32.1 Å². The highest BCUT2D eigenvalue weighted by molar-refractivity contribution is 5.08. The van der Waals surface area contributed by atoms with E-state index in [1.807, 2.05) is 0 Å². The topological polar surface area (TPSA) is 36.9 Å². The smallest absolute Gasteiger partial charge is 0.316 e. The van der Waals surface area contributed by atoms with Gasteiger partial charge in [-0.1, -0.05) is 59.0 Å². The normalized spacial score (nSPS) is 15.1. The van der Waals surface area contributed by atoms with Crippen LogP contribution in [0.4, 0.5) is 0 Å². The Morgan fingerprint density at radius 2 is 1.33 bits per heavy atom. The molecular weight excluding hydrogens is 304 g/mol. The molecule has 1 atom stereocenters. The van der Waals surface area contributed by atoms with Crippen LogP contribution in [-0.2, 0) is 18.9 Å². The number of hydrogen-bond donors (Lipinski definition) is 0. The van der Waals surface area contributed by atoms with E-state index in [9.17, 15) is 0 Å². The minimum absolute atomic E-state index is 0.641. The second-order valence-corrected chi connectivity index (χ2v) is 6.23. The van der Waals surface area contributed by atoms with E-state index >= 15 is 0 Å². The molecule has 0 aromatic carbocycles. The number of allylic oxidation sites excluding steroid dienone is 1. The van der Waals surface area contributed by atoms with Crippen LogP contribution in [0.25, 0.3) is 0 Å². The van der Waals surface area contributed by atoms with Crippen LogP contribution in [-0.4, -0.2) is 39.5 Å². The van der Waals surface area contributed by atoms with Crippen LogP contribution >= 0.6 is 0 Å². The number of unbranched alkanes of at least 4 members (excludes halogenated alkanes) is 5. The fourth-order valence-corrected chi connectivity index (χ4v) is 3.08. The predicted octanol–water partition coefficient (Wildman–Crippen LogP) is 5.46. The Bertz CT molecular complexity index is 304. The van der Waals surface area contributed by atoms with Crippen molar-refractivity contribution in [3.05, 3.63) is 12.2 Å². The molecule has 0 aliphatic carbocycles. The number of ether oxygens (including phenoxy) is 4. The van der Waals surface area contributed by atoms with Gasteiger partial charge in [-0.25, -0.2) is 0 Å². The van der Waals surface area contributed by atoms with Crippen molar-refractivity contribution in [2.75, 3.05) is 27.9 Å². The van der Waals surface area contributed by atoms with Gasteiger partial charge >= 0.3 is 5.97 Å². The van der Waals surface area contributed by atoms with Crippen molar-refractivity contribution in [3.8, 4) is 0 Å². The van der Waals surface area contributed by atoms with E-state index in [4.69, 9.17) is 18.9 Å². The molecule has 0 spiro atoms. The first-order valence-corrected chi connectivity index (χ1v) is 9.59. The molecule has 0 rings (SSSR count). The van der Waals surface area contributed by atoms with Crippen LogP contribution in [0, 0.1) is 0 Å². The molecule has 0 aliphatic heterocycles. The lowest BCUT2D eigenvalue weighted by molar-refractivity contribution is -0.416. The first-order valence-electron chi connectivity index (χ1n) is 9.59. The van der Waals surface area contributed by atoms with E-state index in [-0.39, 0.29) is 0 Å². The third kappa shape index (κ3) is 6.83. The summed E-state index contributed by atoms with van der Waals surface area (Å²) in [6.45, 7) is 7.10. The average molecular weight is 345 g/mol. The maximum atomic E-state index is 6.29. The first kappa shape index (κ1) is 23.6. The Kier molecular flexibility index (Phi) is 13.6. The van der Waals surface area contributed by atoms with E-state index < -0.39 is 11.6 Å². The Labute approximate surface area is 149 Å². The Morgan fingerprint density at radius 1 is 0.750 bits per heavy atom. The largest absolute Gasteiger partial charge is 0.362 e. The molecule has 0 heterocycles. The van der Waals surface area contributed by atoms with Crippen molar-refractivity contribution in [1.82, 2.24) is 0 Å². The van der Waals surface area contributed by atoms with Gasteiger partial charge in [0, 0.05) is 27.9 Å². The van der Waals surface area contributed by atoms with E-state index in [2.05, 4.69) is 32.9 Å². The molecule has 1 unspecified atom stereocenters. The van der Waals surface area contributed by atoms with Crippen LogP contribution in [0.5, 0.6) is 0 Å². The molecule has 0 radical (unpaired) electrons. The molecule has 0 N–H and O–H groups in total. The number of rotatable bonds is 16. The van der Waals surface area contributed by atoms with Gasteiger partial charge in [-0.2, -0.15) is 0 Å². The van der Waals surface area contributed by atoms with Gasteiger partial charge in [0.05, 0.1) is 0 Å². The minimum atomic E-state index is -1.22. The monoisotopic (exact) mass is 344 g/mol. The summed E-state index contributed by atoms with van der Waals surface area (Å²) in [6, 6.07) is 0. The van der Waals surface area contributed by atoms with E-state index in [0.29, 0.717) is 6.61 Å². The molecule has 0 bridgehead atoms. The van der Waals surface area contributed by atoms with Crippen molar-refractivity contribution in [3.63, 3.8) is 0 Å². The highest BCUT2D eigenvalue weighted by atomic mass is 16.9. The summed E-state index contributed by atoms with van der Waals surface area (Å²) in [7, 11) is 4.83. The van der Waals surface area contributed by atoms with Crippen molar-refractivity contribution < 1.29 is 18.9 Å². The highest BCUT2D eigenvalue weighted by Gasteiger charge is 2.53. The van der Waals surface area contributed by atoms with Gasteiger partial charge in [0.15, 0.2) is 5.60 Å². The van der Waals surface area contributed by atoms with Gasteiger partial charge in [-0.05, 0) is 31.8 Å². The van der Waals surface area contributed by atoms with Crippen LogP contribution in [0.2, 0.25) is 0 Å². The lowest BCUT2D eigenvalue weighted by atomic mass is 9.91. The molecule has 0 amide bonds. The van der Waals surface area contributed by atoms with Crippen molar-refractivity contribution >= 4 is 0 Å². The lowest BCUT2D eigenvalue weighted by Crippen LogP contribution is -2.58. The molecule has 0 aromatic rings. The molecule has 4 heteroatoms. The Balaban J connectivity index is 5.22. The molecule has 0 aromatic heterocycles. The molecule has 0 saturated heterocycles. The summed E-state index contributed by atoms with van der Waals surface area (Å²) >= 11 is 0. The van der Waals surface area contributed by atoms with Crippen molar-refractivity contribution in [2.24, 2.45) is 0 Å². The van der Waals surface area contributed by atoms with E-state index in [0.717, 1.165) is 25.7 Å². The third-order valence-electron chi connectivity index (χ3n) is 4.41. The minimum Gasteiger partial charge on any atom is -0.362 e. The molecule has 4 nitrogen and oxygen atoms in total. The fourth-order valence-electron chi connectivity index (χ4n) is 3.08. The van der Waals surface area contributed by atoms with Gasteiger partial charge in [0.1, 0.15) is 0 Å². The van der Waals surface area contributed by atoms with Crippen LogP contribution in [0.1, 0.15) is 78.6 Å². The van der Waals surface area contributed by atoms with Gasteiger partial charge in [0.25, 0.3) is 0 Å². The maximum Gasteiger partial charge on any atom is 0.316 e. The number of methoxy groups -OCH3 is 3. The van der Waals surface area contributed by atoms with Crippen molar-refractivity contribution in [1.29, 1.82) is 0 Å². The van der Waals surface area contributed by atoms with E-state index in [1.54, 1.807) is 21.3 Å². The Morgan fingerprint density at radius 3 is 1.83 bits per heavy atom. The van der Waals surface area contributed by atoms with Crippen molar-refractivity contribution in [2.45, 2.75) is 90.1 Å². The summed E-state index contributed by atoms with van der Waals surface area (Å²) in [5.41, 5.74) is -0.734. The van der Waals surface area contributed by atoms with Gasteiger partial charge < -0.3 is 18.9 Å². The zero-order chi connectivity index (χ0) is 18.3. The second kappa shape index (κ2) is 13.8. The van der Waals surface area contributed by atoms with Crippen LogP contribution < -0.4 is 0 Å². The van der Waals surface area contributed by atoms with Gasteiger partial charge in [-0.3, -0.25) is 0 Å². The Hall–Kier alpha value is -0.420. The summed E-state index contributed by atoms with van der Waals surface area (Å²) in [5.74, 6) is -1.22. The zero-order valence-corrected chi connectivity index (χ0v) is 16.9. The molecule has 144 valence electrons. The summed E-state index contributed by atoms with van der Waals surface area (Å²) in [4.78, 5) is 0. The van der Waals surface area contributed by atoms with Gasteiger partial charge in [0.2, 0.25) is 0 Å². The maximum absolute atomic E-state index is 6.29. The fraction of sp³-hybridized carbons (Fsp3) is 0.900. The van der Waals surface area contributed by atoms with Crippen LogP contribution in [0.3, 0.4) is 0 Å². The molecular formula is C20H40O4. The lowest BCUT2D eigenvalue weighted by Gasteiger charge is -2.45. The SMILES string of the molecule is CCC=CC(CCCCCCCC)(OCCC)C(OC)(OC)OC. The zero-order valence-electron chi connectivity index (χ0n) is 16.9.